The topological polar surface area (TPSA) is 118 Å². The monoisotopic (exact) mass is 462 g/mol. The summed E-state index contributed by atoms with van der Waals surface area (Å²) in [6, 6.07) is 13.7. The third-order valence-electron chi connectivity index (χ3n) is 5.17. The van der Waals surface area contributed by atoms with Gasteiger partial charge < -0.3 is 35.9 Å². The molecule has 8 heteroatoms. The van der Waals surface area contributed by atoms with E-state index in [9.17, 15) is 15.0 Å². The smallest absolute Gasteiger partial charge is 0.319 e. The molecule has 0 radical (unpaired) electrons. The molecule has 1 unspecified atom stereocenters. The Morgan fingerprint density at radius 3 is 2.71 bits per heavy atom. The first-order valence-corrected chi connectivity index (χ1v) is 10.9. The molecule has 3 rings (SSSR count). The minimum absolute atomic E-state index is 0.0613. The Balaban J connectivity index is 1.66. The van der Waals surface area contributed by atoms with Gasteiger partial charge in [0.1, 0.15) is 24.0 Å². The van der Waals surface area contributed by atoms with Gasteiger partial charge in [-0.05, 0) is 43.2 Å². The van der Waals surface area contributed by atoms with Crippen LogP contribution in [0, 0.1) is 17.3 Å². The molecular weight excluding hydrogens is 432 g/mol. The van der Waals surface area contributed by atoms with Gasteiger partial charge in [0.15, 0.2) is 6.23 Å². The van der Waals surface area contributed by atoms with Crippen molar-refractivity contribution in [2.24, 2.45) is 0 Å². The molecule has 2 atom stereocenters. The van der Waals surface area contributed by atoms with E-state index in [1.165, 1.54) is 12.4 Å². The van der Waals surface area contributed by atoms with Gasteiger partial charge in [-0.3, -0.25) is 0 Å². The number of hydrogen-bond donors (Lipinski definition) is 5. The van der Waals surface area contributed by atoms with Crippen molar-refractivity contribution >= 4 is 17.9 Å². The second kappa shape index (κ2) is 10.9. The molecule has 0 bridgehead atoms. The summed E-state index contributed by atoms with van der Waals surface area (Å²) in [5.74, 6) is 6.23. The van der Waals surface area contributed by atoms with Gasteiger partial charge in [0.05, 0.1) is 5.69 Å². The summed E-state index contributed by atoms with van der Waals surface area (Å²) in [7, 11) is 1.70. The Kier molecular flexibility index (Phi) is 7.95. The first-order chi connectivity index (χ1) is 16.2. The Bertz CT molecular complexity index is 1110. The lowest BCUT2D eigenvalue weighted by Gasteiger charge is -2.29. The van der Waals surface area contributed by atoms with E-state index in [4.69, 9.17) is 10.1 Å². The molecule has 1 aliphatic rings. The zero-order valence-electron chi connectivity index (χ0n) is 19.5. The minimum Gasteiger partial charge on any atom is -0.489 e. The van der Waals surface area contributed by atoms with Gasteiger partial charge in [0.2, 0.25) is 0 Å². The van der Waals surface area contributed by atoms with E-state index in [-0.39, 0.29) is 6.61 Å². The molecule has 5 N–H and O–H groups in total. The number of nitrogens with zero attached hydrogens (tertiary/aromatic N) is 1. The molecule has 2 aromatic carbocycles. The van der Waals surface area contributed by atoms with Gasteiger partial charge in [-0.2, -0.15) is 0 Å². The van der Waals surface area contributed by atoms with Crippen LogP contribution in [0.4, 0.5) is 10.5 Å². The van der Waals surface area contributed by atoms with Crippen LogP contribution < -0.4 is 20.3 Å². The first kappa shape index (κ1) is 24.8. The van der Waals surface area contributed by atoms with Crippen molar-refractivity contribution in [3.63, 3.8) is 0 Å². The third-order valence-corrected chi connectivity index (χ3v) is 5.17. The van der Waals surface area contributed by atoms with Crippen LogP contribution in [0.15, 0.2) is 60.3 Å². The number of ether oxygens (including phenoxy) is 1. The van der Waals surface area contributed by atoms with Crippen molar-refractivity contribution in [1.82, 2.24) is 10.6 Å². The van der Waals surface area contributed by atoms with Gasteiger partial charge in [-0.1, -0.05) is 42.2 Å². The summed E-state index contributed by atoms with van der Waals surface area (Å²) in [6.07, 6.45) is 2.13. The van der Waals surface area contributed by atoms with E-state index >= 15 is 0 Å². The first-order valence-electron chi connectivity index (χ1n) is 10.9. The molecule has 0 saturated carbocycles. The van der Waals surface area contributed by atoms with E-state index < -0.39 is 23.9 Å². The molecule has 2 amide bonds. The van der Waals surface area contributed by atoms with Crippen LogP contribution in [-0.4, -0.2) is 54.0 Å². The highest BCUT2D eigenvalue weighted by Crippen LogP contribution is 2.32. The van der Waals surface area contributed by atoms with Crippen molar-refractivity contribution in [2.45, 2.75) is 38.1 Å². The predicted molar refractivity (Wildman–Crippen MR) is 132 cm³/mol. The summed E-state index contributed by atoms with van der Waals surface area (Å²) in [6.45, 7) is 3.27. The minimum atomic E-state index is -1.12. The fourth-order valence-electron chi connectivity index (χ4n) is 3.36. The summed E-state index contributed by atoms with van der Waals surface area (Å²) >= 11 is 0. The van der Waals surface area contributed by atoms with Crippen LogP contribution in [0.5, 0.6) is 5.75 Å². The zero-order valence-corrected chi connectivity index (χ0v) is 19.5. The molecule has 1 aliphatic heterocycles. The predicted octanol–water partition coefficient (Wildman–Crippen LogP) is 2.40. The van der Waals surface area contributed by atoms with Crippen LogP contribution in [0.2, 0.25) is 0 Å². The number of carbonyl (C=O) groups excluding carboxylic acids is 1. The third kappa shape index (κ3) is 6.85. The summed E-state index contributed by atoms with van der Waals surface area (Å²) in [4.78, 5) is 14.1. The molecule has 0 aromatic heterocycles. The van der Waals surface area contributed by atoms with Crippen molar-refractivity contribution < 1.29 is 19.7 Å². The number of nitrogens with one attached hydrogen (secondary N) is 3. The number of carbonyl (C=O) groups is 1. The summed E-state index contributed by atoms with van der Waals surface area (Å²) < 4.78 is 5.84. The number of aliphatic hydroxyl groups excluding tert-OH is 1. The van der Waals surface area contributed by atoms with Crippen LogP contribution in [0.25, 0.3) is 0 Å². The average Bonchev–Trinajstić information content (AvgIpc) is 2.92. The van der Waals surface area contributed by atoms with Crippen LogP contribution in [-0.2, 0) is 6.42 Å². The molecule has 0 aliphatic carbocycles. The van der Waals surface area contributed by atoms with E-state index in [0.717, 1.165) is 5.56 Å². The van der Waals surface area contributed by atoms with E-state index in [1.54, 1.807) is 44.0 Å². The van der Waals surface area contributed by atoms with Gasteiger partial charge in [0, 0.05) is 31.4 Å². The lowest BCUT2D eigenvalue weighted by Crippen LogP contribution is -2.54. The second-order valence-corrected chi connectivity index (χ2v) is 8.58. The SMILES string of the molecule is CN1c2cc(C#CC(C)(C)O)ccc2OC[C@H](NC(=O)N/C=C(\C=N)Cc2ccccc2)C1O. The normalized spacial score (nSPS) is 17.9. The number of amides is 2. The van der Waals surface area contributed by atoms with Crippen molar-refractivity contribution in [3.05, 3.63) is 71.4 Å². The summed E-state index contributed by atoms with van der Waals surface area (Å²) in [5, 5.41) is 33.6. The Labute approximate surface area is 199 Å². The van der Waals surface area contributed by atoms with E-state index in [2.05, 4.69) is 22.5 Å². The van der Waals surface area contributed by atoms with E-state index in [1.807, 2.05) is 30.3 Å². The molecule has 0 fully saturated rings. The van der Waals surface area contributed by atoms with Gasteiger partial charge in [-0.15, -0.1) is 0 Å². The lowest BCUT2D eigenvalue weighted by atomic mass is 10.1. The number of likely N-dealkylation sites (N-methyl/N-ethyl adjacent to an activating group) is 1. The fraction of sp³-hybridized carbons (Fsp3) is 0.308. The van der Waals surface area contributed by atoms with Gasteiger partial charge in [-0.25, -0.2) is 4.79 Å². The van der Waals surface area contributed by atoms with Crippen LogP contribution in [0.1, 0.15) is 25.0 Å². The molecule has 178 valence electrons. The number of hydrogen-bond acceptors (Lipinski definition) is 6. The number of aliphatic hydroxyl groups is 2. The Hall–Kier alpha value is -3.80. The molecule has 8 nitrogen and oxygen atoms in total. The number of urea groups is 1. The molecule has 2 aromatic rings. The number of anilines is 1. The maximum atomic E-state index is 12.5. The van der Waals surface area contributed by atoms with Gasteiger partial charge in [0.25, 0.3) is 0 Å². The largest absolute Gasteiger partial charge is 0.489 e. The molecule has 0 saturated heterocycles. The molecule has 34 heavy (non-hydrogen) atoms. The quantitative estimate of drug-likeness (QED) is 0.346. The molecule has 1 heterocycles. The van der Waals surface area contributed by atoms with Crippen molar-refractivity contribution in [2.75, 3.05) is 18.6 Å². The fourth-order valence-corrected chi connectivity index (χ4v) is 3.36. The highest BCUT2D eigenvalue weighted by molar-refractivity contribution is 5.80. The van der Waals surface area contributed by atoms with Crippen molar-refractivity contribution in [3.8, 4) is 17.6 Å². The maximum absolute atomic E-state index is 12.5. The number of benzene rings is 2. The molecular formula is C26H30N4O4. The number of allylic oxidation sites excluding steroid dienone is 1. The van der Waals surface area contributed by atoms with E-state index in [0.29, 0.717) is 29.0 Å². The summed E-state index contributed by atoms with van der Waals surface area (Å²) in [5.41, 5.74) is 1.81. The Morgan fingerprint density at radius 2 is 2.03 bits per heavy atom. The van der Waals surface area contributed by atoms with Gasteiger partial charge >= 0.3 is 6.03 Å². The Morgan fingerprint density at radius 1 is 1.29 bits per heavy atom. The standard InChI is InChI=1S/C26H30N4O4/c1-26(2,33)12-11-19-9-10-23-22(14-19)30(3)24(31)21(17-34-23)29-25(32)28-16-20(15-27)13-18-7-5-4-6-8-18/h4-10,14-16,21,24,27,31,33H,13,17H2,1-3H3,(H2,28,29,32)/b20-16-,27-15?/t21-,24?/m0/s1. The number of rotatable bonds is 5. The average molecular weight is 463 g/mol. The van der Waals surface area contributed by atoms with Crippen LogP contribution in [0.3, 0.4) is 0 Å². The second-order valence-electron chi connectivity index (χ2n) is 8.58. The zero-order chi connectivity index (χ0) is 24.7. The molecule has 0 spiro atoms. The lowest BCUT2D eigenvalue weighted by molar-refractivity contribution is 0.110. The number of fused-ring (bicyclic) bond motifs is 1. The van der Waals surface area contributed by atoms with Crippen LogP contribution >= 0.6 is 0 Å². The maximum Gasteiger partial charge on any atom is 0.319 e. The van der Waals surface area contributed by atoms with Crippen molar-refractivity contribution in [1.29, 1.82) is 5.41 Å². The highest BCUT2D eigenvalue weighted by Gasteiger charge is 2.30. The highest BCUT2D eigenvalue weighted by atomic mass is 16.5.